The first-order valence-corrected chi connectivity index (χ1v) is 6.13. The maximum absolute atomic E-state index is 14.0. The number of carboxylic acids is 1. The summed E-state index contributed by atoms with van der Waals surface area (Å²) in [5.41, 5.74) is 1.81. The molecule has 2 aliphatic rings. The largest absolute Gasteiger partial charge is 0.481 e. The van der Waals surface area contributed by atoms with Gasteiger partial charge in [-0.15, -0.1) is 0 Å². The SMILES string of the molecule is O=C(O)CC1CCC2(CC2)c2c(F)cccc21. The van der Waals surface area contributed by atoms with Gasteiger partial charge in [-0.25, -0.2) is 4.39 Å². The van der Waals surface area contributed by atoms with Crippen LogP contribution in [0.2, 0.25) is 0 Å². The number of benzene rings is 1. The molecule has 0 radical (unpaired) electrons. The fraction of sp³-hybridized carbons (Fsp3) is 0.500. The van der Waals surface area contributed by atoms with Crippen molar-refractivity contribution in [1.29, 1.82) is 0 Å². The average molecular weight is 234 g/mol. The maximum atomic E-state index is 14.0. The molecule has 3 heteroatoms. The monoisotopic (exact) mass is 234 g/mol. The molecule has 1 N–H and O–H groups in total. The number of hydrogen-bond donors (Lipinski definition) is 1. The van der Waals surface area contributed by atoms with E-state index >= 15 is 0 Å². The number of hydrogen-bond acceptors (Lipinski definition) is 1. The molecule has 17 heavy (non-hydrogen) atoms. The first-order chi connectivity index (χ1) is 8.12. The summed E-state index contributed by atoms with van der Waals surface area (Å²) in [5, 5.41) is 8.91. The van der Waals surface area contributed by atoms with Crippen LogP contribution in [0.5, 0.6) is 0 Å². The molecule has 2 aliphatic carbocycles. The molecular formula is C14H15FO2. The van der Waals surface area contributed by atoms with E-state index < -0.39 is 5.97 Å². The Labute approximate surface area is 99.5 Å². The standard InChI is InChI=1S/C14H15FO2/c15-11-3-1-2-10-9(8-12(16)17)4-5-14(6-7-14)13(10)11/h1-3,9H,4-8H2,(H,16,17). The first-order valence-electron chi connectivity index (χ1n) is 6.13. The fourth-order valence-electron chi connectivity index (χ4n) is 3.25. The van der Waals surface area contributed by atoms with Crippen LogP contribution in [-0.2, 0) is 10.2 Å². The zero-order valence-electron chi connectivity index (χ0n) is 9.58. The number of halogens is 1. The van der Waals surface area contributed by atoms with Crippen molar-refractivity contribution in [3.8, 4) is 0 Å². The Balaban J connectivity index is 2.05. The van der Waals surface area contributed by atoms with Crippen LogP contribution < -0.4 is 0 Å². The lowest BCUT2D eigenvalue weighted by Gasteiger charge is -2.31. The van der Waals surface area contributed by atoms with Gasteiger partial charge in [0.15, 0.2) is 0 Å². The van der Waals surface area contributed by atoms with E-state index in [2.05, 4.69) is 0 Å². The van der Waals surface area contributed by atoms with Crippen molar-refractivity contribution in [2.75, 3.05) is 0 Å². The summed E-state index contributed by atoms with van der Waals surface area (Å²) in [6.45, 7) is 0. The van der Waals surface area contributed by atoms with Crippen molar-refractivity contribution in [2.45, 2.75) is 43.4 Å². The minimum absolute atomic E-state index is 0.00979. The molecule has 2 nitrogen and oxygen atoms in total. The summed E-state index contributed by atoms with van der Waals surface area (Å²) in [4.78, 5) is 10.8. The van der Waals surface area contributed by atoms with Crippen LogP contribution in [0, 0.1) is 5.82 Å². The molecule has 90 valence electrons. The van der Waals surface area contributed by atoms with Crippen molar-refractivity contribution in [3.63, 3.8) is 0 Å². The predicted molar refractivity (Wildman–Crippen MR) is 61.5 cm³/mol. The molecule has 1 saturated carbocycles. The molecule has 0 aromatic heterocycles. The molecule has 0 aliphatic heterocycles. The molecule has 1 spiro atoms. The van der Waals surface area contributed by atoms with Gasteiger partial charge in [-0.2, -0.15) is 0 Å². The van der Waals surface area contributed by atoms with Gasteiger partial charge in [-0.1, -0.05) is 12.1 Å². The van der Waals surface area contributed by atoms with Crippen LogP contribution in [0.15, 0.2) is 18.2 Å². The summed E-state index contributed by atoms with van der Waals surface area (Å²) in [5.74, 6) is -0.948. The first kappa shape index (κ1) is 10.8. The van der Waals surface area contributed by atoms with E-state index in [1.54, 1.807) is 6.07 Å². The Morgan fingerprint density at radius 1 is 1.41 bits per heavy atom. The highest BCUT2D eigenvalue weighted by atomic mass is 19.1. The van der Waals surface area contributed by atoms with Crippen LogP contribution in [-0.4, -0.2) is 11.1 Å². The van der Waals surface area contributed by atoms with Gasteiger partial charge in [0.2, 0.25) is 0 Å². The highest BCUT2D eigenvalue weighted by molar-refractivity contribution is 5.68. The van der Waals surface area contributed by atoms with Gasteiger partial charge < -0.3 is 5.11 Å². The summed E-state index contributed by atoms with van der Waals surface area (Å²) in [7, 11) is 0. The Bertz CT molecular complexity index is 477. The topological polar surface area (TPSA) is 37.3 Å². The summed E-state index contributed by atoms with van der Waals surface area (Å²) in [6, 6.07) is 5.11. The van der Waals surface area contributed by atoms with E-state index in [4.69, 9.17) is 5.11 Å². The molecule has 3 rings (SSSR count). The summed E-state index contributed by atoms with van der Waals surface area (Å²) >= 11 is 0. The molecule has 0 heterocycles. The Hall–Kier alpha value is -1.38. The molecule has 1 aromatic carbocycles. The third-order valence-corrected chi connectivity index (χ3v) is 4.26. The lowest BCUT2D eigenvalue weighted by atomic mass is 9.73. The second kappa shape index (κ2) is 3.56. The van der Waals surface area contributed by atoms with Crippen molar-refractivity contribution >= 4 is 5.97 Å². The zero-order chi connectivity index (χ0) is 12.0. The molecule has 0 amide bonds. The van der Waals surface area contributed by atoms with Gasteiger partial charge in [-0.3, -0.25) is 4.79 Å². The zero-order valence-corrected chi connectivity index (χ0v) is 9.58. The average Bonchev–Trinajstić information content (AvgIpc) is 3.03. The van der Waals surface area contributed by atoms with Crippen LogP contribution >= 0.6 is 0 Å². The lowest BCUT2D eigenvalue weighted by Crippen LogP contribution is -2.23. The number of carboxylic acid groups (broad SMARTS) is 1. The second-order valence-electron chi connectivity index (χ2n) is 5.32. The molecule has 0 bridgehead atoms. The highest BCUT2D eigenvalue weighted by Gasteiger charge is 2.50. The van der Waals surface area contributed by atoms with Crippen molar-refractivity contribution in [2.24, 2.45) is 0 Å². The van der Waals surface area contributed by atoms with Gasteiger partial charge in [0.25, 0.3) is 0 Å². The number of rotatable bonds is 2. The third kappa shape index (κ3) is 1.65. The normalized spacial score (nSPS) is 24.4. The third-order valence-electron chi connectivity index (χ3n) is 4.26. The summed E-state index contributed by atoms with van der Waals surface area (Å²) < 4.78 is 14.0. The van der Waals surface area contributed by atoms with E-state index in [0.717, 1.165) is 36.8 Å². The van der Waals surface area contributed by atoms with Crippen molar-refractivity contribution < 1.29 is 14.3 Å². The quantitative estimate of drug-likeness (QED) is 0.853. The number of carbonyl (C=O) groups is 1. The van der Waals surface area contributed by atoms with Gasteiger partial charge in [0.1, 0.15) is 5.82 Å². The minimum Gasteiger partial charge on any atom is -0.481 e. The van der Waals surface area contributed by atoms with Crippen LogP contribution in [0.3, 0.4) is 0 Å². The Morgan fingerprint density at radius 2 is 2.18 bits per heavy atom. The van der Waals surface area contributed by atoms with Crippen molar-refractivity contribution in [3.05, 3.63) is 35.1 Å². The van der Waals surface area contributed by atoms with E-state index in [1.165, 1.54) is 6.07 Å². The highest BCUT2D eigenvalue weighted by Crippen LogP contribution is 2.58. The van der Waals surface area contributed by atoms with Gasteiger partial charge in [0, 0.05) is 0 Å². The van der Waals surface area contributed by atoms with Gasteiger partial charge in [-0.05, 0) is 54.2 Å². The van der Waals surface area contributed by atoms with Crippen molar-refractivity contribution in [1.82, 2.24) is 0 Å². The molecule has 0 saturated heterocycles. The van der Waals surface area contributed by atoms with E-state index in [0.29, 0.717) is 0 Å². The van der Waals surface area contributed by atoms with Crippen LogP contribution in [0.1, 0.15) is 49.1 Å². The van der Waals surface area contributed by atoms with E-state index in [-0.39, 0.29) is 23.6 Å². The molecule has 1 aromatic rings. The lowest BCUT2D eigenvalue weighted by molar-refractivity contribution is -0.137. The Morgan fingerprint density at radius 3 is 2.82 bits per heavy atom. The Kier molecular flexibility index (Phi) is 2.25. The maximum Gasteiger partial charge on any atom is 0.303 e. The smallest absolute Gasteiger partial charge is 0.303 e. The molecule has 1 fully saturated rings. The number of aliphatic carboxylic acids is 1. The van der Waals surface area contributed by atoms with E-state index in [1.807, 2.05) is 6.07 Å². The number of fused-ring (bicyclic) bond motifs is 2. The molecular weight excluding hydrogens is 219 g/mol. The molecule has 1 atom stereocenters. The van der Waals surface area contributed by atoms with Gasteiger partial charge >= 0.3 is 5.97 Å². The fourth-order valence-corrected chi connectivity index (χ4v) is 3.25. The minimum atomic E-state index is -0.794. The van der Waals surface area contributed by atoms with Crippen LogP contribution in [0.4, 0.5) is 4.39 Å². The molecule has 1 unspecified atom stereocenters. The van der Waals surface area contributed by atoms with Crippen LogP contribution in [0.25, 0.3) is 0 Å². The van der Waals surface area contributed by atoms with Gasteiger partial charge in [0.05, 0.1) is 6.42 Å². The predicted octanol–water partition coefficient (Wildman–Crippen LogP) is 3.21. The second-order valence-corrected chi connectivity index (χ2v) is 5.32. The summed E-state index contributed by atoms with van der Waals surface area (Å²) in [6.07, 6.45) is 4.05. The van der Waals surface area contributed by atoms with E-state index in [9.17, 15) is 9.18 Å².